The van der Waals surface area contributed by atoms with Crippen LogP contribution in [-0.2, 0) is 4.79 Å². The van der Waals surface area contributed by atoms with Crippen molar-refractivity contribution in [1.82, 2.24) is 10.2 Å². The van der Waals surface area contributed by atoms with Crippen molar-refractivity contribution in [3.8, 4) is 0 Å². The van der Waals surface area contributed by atoms with Gasteiger partial charge in [0.05, 0.1) is 11.7 Å². The number of hydrogen-bond acceptors (Lipinski definition) is 2. The maximum Gasteiger partial charge on any atom is 0.328 e. The van der Waals surface area contributed by atoms with E-state index < -0.39 is 5.97 Å². The van der Waals surface area contributed by atoms with Crippen LogP contribution in [-0.4, -0.2) is 21.3 Å². The van der Waals surface area contributed by atoms with Crippen molar-refractivity contribution >= 4 is 34.1 Å². The van der Waals surface area contributed by atoms with Crippen LogP contribution in [0.5, 0.6) is 0 Å². The summed E-state index contributed by atoms with van der Waals surface area (Å²) in [4.78, 5) is 10.9. The standard InChI is InChI=1S/C28H24N2O2/c31-27(32)15-10-19-8-11-22(12-9-19)28(23-13-14-26-24(17-23)18-29-30-26)25(16-20-6-7-20)21-4-2-1-3-5-21/h1-5,8-15,17-18,20H,6-7,16H2,(H,29,30)(H,31,32). The third-order valence-corrected chi connectivity index (χ3v) is 5.96. The lowest BCUT2D eigenvalue weighted by atomic mass is 9.86. The van der Waals surface area contributed by atoms with Gasteiger partial charge in [0.15, 0.2) is 0 Å². The molecule has 158 valence electrons. The van der Waals surface area contributed by atoms with Crippen molar-refractivity contribution in [3.05, 3.63) is 107 Å². The molecule has 5 rings (SSSR count). The molecule has 1 fully saturated rings. The molecule has 1 aliphatic carbocycles. The summed E-state index contributed by atoms with van der Waals surface area (Å²) in [6, 6.07) is 25.2. The van der Waals surface area contributed by atoms with Crippen molar-refractivity contribution in [2.45, 2.75) is 19.3 Å². The first-order valence-corrected chi connectivity index (χ1v) is 10.9. The van der Waals surface area contributed by atoms with E-state index in [9.17, 15) is 4.79 Å². The minimum absolute atomic E-state index is 0.732. The van der Waals surface area contributed by atoms with E-state index in [1.54, 1.807) is 6.08 Å². The summed E-state index contributed by atoms with van der Waals surface area (Å²) in [5.41, 5.74) is 7.99. The first-order chi connectivity index (χ1) is 15.7. The van der Waals surface area contributed by atoms with Gasteiger partial charge in [-0.1, -0.05) is 60.7 Å². The van der Waals surface area contributed by atoms with Crippen molar-refractivity contribution in [3.63, 3.8) is 0 Å². The Bertz CT molecular complexity index is 1310. The van der Waals surface area contributed by atoms with E-state index in [2.05, 4.69) is 70.9 Å². The van der Waals surface area contributed by atoms with Crippen LogP contribution in [0.25, 0.3) is 28.1 Å². The topological polar surface area (TPSA) is 66.0 Å². The second-order valence-corrected chi connectivity index (χ2v) is 8.33. The zero-order valence-corrected chi connectivity index (χ0v) is 17.7. The SMILES string of the molecule is O=C(O)C=Cc1ccc(C(=C(CC2CC2)c2ccccc2)c2ccc3[nH]ncc3c2)cc1. The fraction of sp³-hybridized carbons (Fsp3) is 0.143. The number of aromatic nitrogens is 2. The highest BCUT2D eigenvalue weighted by molar-refractivity contribution is 6.00. The van der Waals surface area contributed by atoms with Gasteiger partial charge < -0.3 is 5.11 Å². The van der Waals surface area contributed by atoms with Crippen LogP contribution in [0.2, 0.25) is 0 Å². The van der Waals surface area contributed by atoms with E-state index in [-0.39, 0.29) is 0 Å². The van der Waals surface area contributed by atoms with E-state index in [4.69, 9.17) is 5.11 Å². The highest BCUT2D eigenvalue weighted by atomic mass is 16.4. The number of aromatic amines is 1. The Hall–Kier alpha value is -3.92. The smallest absolute Gasteiger partial charge is 0.328 e. The number of carboxylic acid groups (broad SMARTS) is 1. The number of H-pyrrole nitrogens is 1. The summed E-state index contributed by atoms with van der Waals surface area (Å²) >= 11 is 0. The van der Waals surface area contributed by atoms with Crippen molar-refractivity contribution in [2.24, 2.45) is 5.92 Å². The van der Waals surface area contributed by atoms with Crippen LogP contribution in [0.4, 0.5) is 0 Å². The average molecular weight is 421 g/mol. The average Bonchev–Trinajstić information content (AvgIpc) is 3.52. The minimum atomic E-state index is -0.945. The van der Waals surface area contributed by atoms with Gasteiger partial charge in [0.25, 0.3) is 0 Å². The maximum atomic E-state index is 10.9. The highest BCUT2D eigenvalue weighted by Gasteiger charge is 2.25. The largest absolute Gasteiger partial charge is 0.478 e. The normalized spacial score (nSPS) is 14.6. The molecular weight excluding hydrogens is 396 g/mol. The lowest BCUT2D eigenvalue weighted by molar-refractivity contribution is -0.131. The van der Waals surface area contributed by atoms with Gasteiger partial charge in [0, 0.05) is 11.5 Å². The van der Waals surface area contributed by atoms with Gasteiger partial charge in [-0.3, -0.25) is 5.10 Å². The number of aliphatic carboxylic acids is 1. The molecule has 4 aromatic rings. The number of benzene rings is 3. The molecule has 0 amide bonds. The van der Waals surface area contributed by atoms with E-state index in [0.717, 1.165) is 39.9 Å². The summed E-state index contributed by atoms with van der Waals surface area (Å²) in [6.45, 7) is 0. The van der Waals surface area contributed by atoms with E-state index in [1.807, 2.05) is 18.3 Å². The second kappa shape index (κ2) is 8.67. The summed E-state index contributed by atoms with van der Waals surface area (Å²) in [7, 11) is 0. The van der Waals surface area contributed by atoms with E-state index in [0.29, 0.717) is 0 Å². The highest BCUT2D eigenvalue weighted by Crippen LogP contribution is 2.43. The van der Waals surface area contributed by atoms with Crippen LogP contribution in [0.3, 0.4) is 0 Å². The van der Waals surface area contributed by atoms with Gasteiger partial charge in [-0.15, -0.1) is 0 Å². The molecule has 1 saturated carbocycles. The van der Waals surface area contributed by atoms with Gasteiger partial charge in [-0.2, -0.15) is 5.10 Å². The molecule has 0 radical (unpaired) electrons. The summed E-state index contributed by atoms with van der Waals surface area (Å²) in [6.07, 6.45) is 8.26. The molecule has 3 aromatic carbocycles. The number of carbonyl (C=O) groups is 1. The molecule has 1 aliphatic rings. The Labute approximate surface area is 186 Å². The van der Waals surface area contributed by atoms with Gasteiger partial charge in [0.2, 0.25) is 0 Å². The molecule has 0 saturated heterocycles. The second-order valence-electron chi connectivity index (χ2n) is 8.33. The Morgan fingerprint density at radius 2 is 1.72 bits per heavy atom. The molecular formula is C28H24N2O2. The van der Waals surface area contributed by atoms with Crippen LogP contribution < -0.4 is 0 Å². The van der Waals surface area contributed by atoms with Crippen LogP contribution in [0, 0.1) is 5.92 Å². The Balaban J connectivity index is 1.69. The number of fused-ring (bicyclic) bond motifs is 1. The fourth-order valence-electron chi connectivity index (χ4n) is 4.16. The van der Waals surface area contributed by atoms with E-state index >= 15 is 0 Å². The number of carboxylic acids is 1. The van der Waals surface area contributed by atoms with Gasteiger partial charge in [0.1, 0.15) is 0 Å². The molecule has 0 aliphatic heterocycles. The van der Waals surface area contributed by atoms with Crippen LogP contribution in [0.1, 0.15) is 41.5 Å². The van der Waals surface area contributed by atoms with Crippen molar-refractivity contribution in [1.29, 1.82) is 0 Å². The fourth-order valence-corrected chi connectivity index (χ4v) is 4.16. The third kappa shape index (κ3) is 4.40. The molecule has 2 N–H and O–H groups in total. The monoisotopic (exact) mass is 420 g/mol. The number of allylic oxidation sites excluding steroid dienone is 1. The summed E-state index contributed by atoms with van der Waals surface area (Å²) < 4.78 is 0. The lowest BCUT2D eigenvalue weighted by Crippen LogP contribution is -1.97. The molecule has 0 atom stereocenters. The number of nitrogens with zero attached hydrogens (tertiary/aromatic N) is 1. The molecule has 1 aromatic heterocycles. The Morgan fingerprint density at radius 1 is 0.969 bits per heavy atom. The van der Waals surface area contributed by atoms with Crippen LogP contribution in [0.15, 0.2) is 85.1 Å². The predicted molar refractivity (Wildman–Crippen MR) is 129 cm³/mol. The number of hydrogen-bond donors (Lipinski definition) is 2. The Morgan fingerprint density at radius 3 is 2.44 bits per heavy atom. The molecule has 0 spiro atoms. The quantitative estimate of drug-likeness (QED) is 0.268. The molecule has 32 heavy (non-hydrogen) atoms. The molecule has 1 heterocycles. The zero-order chi connectivity index (χ0) is 21.9. The third-order valence-electron chi connectivity index (χ3n) is 5.96. The zero-order valence-electron chi connectivity index (χ0n) is 17.7. The molecule has 0 bridgehead atoms. The van der Waals surface area contributed by atoms with Crippen molar-refractivity contribution in [2.75, 3.05) is 0 Å². The first-order valence-electron chi connectivity index (χ1n) is 10.9. The van der Waals surface area contributed by atoms with Gasteiger partial charge in [-0.05, 0) is 76.8 Å². The molecule has 4 nitrogen and oxygen atoms in total. The van der Waals surface area contributed by atoms with Crippen molar-refractivity contribution < 1.29 is 9.90 Å². The minimum Gasteiger partial charge on any atom is -0.478 e. The van der Waals surface area contributed by atoms with Gasteiger partial charge >= 0.3 is 5.97 Å². The molecule has 0 unspecified atom stereocenters. The first kappa shape index (κ1) is 20.0. The number of rotatable bonds is 7. The van der Waals surface area contributed by atoms with E-state index in [1.165, 1.54) is 35.6 Å². The van der Waals surface area contributed by atoms with Gasteiger partial charge in [-0.25, -0.2) is 4.79 Å². The summed E-state index contributed by atoms with van der Waals surface area (Å²) in [5.74, 6) is -0.213. The summed E-state index contributed by atoms with van der Waals surface area (Å²) in [5, 5.41) is 17.2. The lowest BCUT2D eigenvalue weighted by Gasteiger charge is -2.18. The van der Waals surface area contributed by atoms with Crippen LogP contribution >= 0.6 is 0 Å². The molecule has 4 heteroatoms. The Kier molecular flexibility index (Phi) is 5.42. The predicted octanol–water partition coefficient (Wildman–Crippen LogP) is 6.42. The number of nitrogens with one attached hydrogen (secondary N) is 1. The maximum absolute atomic E-state index is 10.9.